The van der Waals surface area contributed by atoms with E-state index in [4.69, 9.17) is 11.6 Å². The molecule has 0 saturated heterocycles. The molecule has 14 heavy (non-hydrogen) atoms. The molecule has 1 heterocycles. The molecule has 1 amide bonds. The average molecular weight is 232 g/mol. The summed E-state index contributed by atoms with van der Waals surface area (Å²) >= 11 is 6.98. The molecule has 0 fully saturated rings. The van der Waals surface area contributed by atoms with Gasteiger partial charge in [0.05, 0.1) is 9.34 Å². The van der Waals surface area contributed by atoms with Crippen LogP contribution in [0.4, 0.5) is 5.00 Å². The minimum Gasteiger partial charge on any atom is -0.318 e. The predicted molar refractivity (Wildman–Crippen MR) is 57.9 cm³/mol. The molecule has 3 nitrogen and oxygen atoms in total. The number of carbonyl (C=O) groups excluding carboxylic acids is 2. The number of rotatable bonds is 4. The molecule has 76 valence electrons. The zero-order valence-electron chi connectivity index (χ0n) is 7.67. The van der Waals surface area contributed by atoms with Crippen LogP contribution in [0.1, 0.15) is 19.8 Å². The van der Waals surface area contributed by atoms with E-state index in [-0.39, 0.29) is 24.5 Å². The van der Waals surface area contributed by atoms with Crippen molar-refractivity contribution in [2.75, 3.05) is 5.32 Å². The molecule has 0 aliphatic rings. The molecule has 1 aromatic rings. The highest BCUT2D eigenvalue weighted by molar-refractivity contribution is 7.20. The highest BCUT2D eigenvalue weighted by Crippen LogP contribution is 2.25. The van der Waals surface area contributed by atoms with Crippen LogP contribution >= 0.6 is 22.9 Å². The fourth-order valence-corrected chi connectivity index (χ4v) is 1.83. The number of carbonyl (C=O) groups is 2. The number of thiophene rings is 1. The summed E-state index contributed by atoms with van der Waals surface area (Å²) in [5.74, 6) is -0.136. The summed E-state index contributed by atoms with van der Waals surface area (Å²) in [5.41, 5.74) is 0. The second-order valence-electron chi connectivity index (χ2n) is 2.85. The Bertz CT molecular complexity index is 348. The Morgan fingerprint density at radius 1 is 1.43 bits per heavy atom. The van der Waals surface area contributed by atoms with Crippen molar-refractivity contribution in [3.8, 4) is 0 Å². The molecule has 1 N–H and O–H groups in total. The highest BCUT2D eigenvalue weighted by Gasteiger charge is 2.05. The number of Topliss-reactive ketones (excluding diaryl/α,β-unsaturated/α-hetero) is 1. The molecule has 0 spiro atoms. The fourth-order valence-electron chi connectivity index (χ4n) is 0.871. The van der Waals surface area contributed by atoms with Gasteiger partial charge in [0.15, 0.2) is 0 Å². The maximum Gasteiger partial charge on any atom is 0.225 e. The van der Waals surface area contributed by atoms with Gasteiger partial charge >= 0.3 is 0 Å². The molecule has 1 rings (SSSR count). The van der Waals surface area contributed by atoms with Crippen molar-refractivity contribution >= 4 is 39.6 Å². The van der Waals surface area contributed by atoms with Crippen molar-refractivity contribution in [1.29, 1.82) is 0 Å². The standard InChI is InChI=1S/C9H10ClNO2S/c1-6(12)2-4-8(13)11-9-5-3-7(10)14-9/h3,5H,2,4H2,1H3,(H,11,13). The van der Waals surface area contributed by atoms with E-state index >= 15 is 0 Å². The lowest BCUT2D eigenvalue weighted by molar-refractivity contribution is -0.121. The van der Waals surface area contributed by atoms with Crippen LogP contribution in [0, 0.1) is 0 Å². The zero-order valence-corrected chi connectivity index (χ0v) is 9.24. The first-order valence-corrected chi connectivity index (χ1v) is 5.32. The van der Waals surface area contributed by atoms with Crippen molar-refractivity contribution in [3.05, 3.63) is 16.5 Å². The van der Waals surface area contributed by atoms with Crippen molar-refractivity contribution in [1.82, 2.24) is 0 Å². The average Bonchev–Trinajstić information content (AvgIpc) is 2.48. The van der Waals surface area contributed by atoms with E-state index in [1.165, 1.54) is 18.3 Å². The smallest absolute Gasteiger partial charge is 0.225 e. The van der Waals surface area contributed by atoms with Crippen LogP contribution in [0.2, 0.25) is 4.34 Å². The van der Waals surface area contributed by atoms with E-state index in [2.05, 4.69) is 5.32 Å². The summed E-state index contributed by atoms with van der Waals surface area (Å²) in [5, 5.41) is 3.37. The van der Waals surface area contributed by atoms with Crippen molar-refractivity contribution in [2.24, 2.45) is 0 Å². The monoisotopic (exact) mass is 231 g/mol. The number of hydrogen-bond acceptors (Lipinski definition) is 3. The Hall–Kier alpha value is -0.870. The van der Waals surface area contributed by atoms with Crippen molar-refractivity contribution < 1.29 is 9.59 Å². The van der Waals surface area contributed by atoms with Gasteiger partial charge in [-0.25, -0.2) is 0 Å². The van der Waals surface area contributed by atoms with E-state index < -0.39 is 0 Å². The second kappa shape index (κ2) is 5.12. The second-order valence-corrected chi connectivity index (χ2v) is 4.57. The van der Waals surface area contributed by atoms with Crippen LogP contribution in [0.15, 0.2) is 12.1 Å². The van der Waals surface area contributed by atoms with E-state index in [9.17, 15) is 9.59 Å². The molecule has 0 atom stereocenters. The molecule has 0 aliphatic carbocycles. The molecular formula is C9H10ClNO2S. The normalized spacial score (nSPS) is 9.86. The van der Waals surface area contributed by atoms with Gasteiger partial charge in [0.1, 0.15) is 5.78 Å². The molecule has 0 aliphatic heterocycles. The van der Waals surface area contributed by atoms with Gasteiger partial charge in [-0.05, 0) is 19.1 Å². The summed E-state index contributed by atoms with van der Waals surface area (Å²) in [6.45, 7) is 1.47. The molecule has 0 aromatic carbocycles. The van der Waals surface area contributed by atoms with Gasteiger partial charge in [-0.3, -0.25) is 4.79 Å². The number of nitrogens with one attached hydrogen (secondary N) is 1. The van der Waals surface area contributed by atoms with Crippen molar-refractivity contribution in [3.63, 3.8) is 0 Å². The quantitative estimate of drug-likeness (QED) is 0.866. The summed E-state index contributed by atoms with van der Waals surface area (Å²) in [6.07, 6.45) is 0.510. The molecule has 0 saturated carbocycles. The van der Waals surface area contributed by atoms with E-state index in [0.29, 0.717) is 9.34 Å². The number of amides is 1. The number of hydrogen-bond donors (Lipinski definition) is 1. The number of halogens is 1. The third-order valence-electron chi connectivity index (χ3n) is 1.54. The van der Waals surface area contributed by atoms with Gasteiger partial charge in [0.2, 0.25) is 5.91 Å². The molecule has 1 aromatic heterocycles. The minimum absolute atomic E-state index is 0.0179. The molecule has 0 radical (unpaired) electrons. The first-order valence-electron chi connectivity index (χ1n) is 4.12. The summed E-state index contributed by atoms with van der Waals surface area (Å²) in [4.78, 5) is 21.8. The van der Waals surface area contributed by atoms with Crippen LogP contribution in [0.3, 0.4) is 0 Å². The predicted octanol–water partition coefficient (Wildman–Crippen LogP) is 2.71. The van der Waals surface area contributed by atoms with Gasteiger partial charge in [0.25, 0.3) is 0 Å². The van der Waals surface area contributed by atoms with Gasteiger partial charge in [0, 0.05) is 12.8 Å². The largest absolute Gasteiger partial charge is 0.318 e. The van der Waals surface area contributed by atoms with Gasteiger partial charge in [-0.15, -0.1) is 11.3 Å². The van der Waals surface area contributed by atoms with Gasteiger partial charge in [-0.2, -0.15) is 0 Å². The lowest BCUT2D eigenvalue weighted by atomic mass is 10.2. The van der Waals surface area contributed by atoms with Crippen molar-refractivity contribution in [2.45, 2.75) is 19.8 Å². The van der Waals surface area contributed by atoms with E-state index in [1.807, 2.05) is 0 Å². The Morgan fingerprint density at radius 3 is 2.64 bits per heavy atom. The summed E-state index contributed by atoms with van der Waals surface area (Å²) in [7, 11) is 0. The fraction of sp³-hybridized carbons (Fsp3) is 0.333. The SMILES string of the molecule is CC(=O)CCC(=O)Nc1ccc(Cl)s1. The molecule has 5 heteroatoms. The van der Waals surface area contributed by atoms with Crippen LogP contribution in [-0.4, -0.2) is 11.7 Å². The zero-order chi connectivity index (χ0) is 10.6. The van der Waals surface area contributed by atoms with Gasteiger partial charge in [-0.1, -0.05) is 11.6 Å². The van der Waals surface area contributed by atoms with Crippen LogP contribution in [-0.2, 0) is 9.59 Å². The number of anilines is 1. The Labute approximate surface area is 91.1 Å². The topological polar surface area (TPSA) is 46.2 Å². The summed E-state index contributed by atoms with van der Waals surface area (Å²) < 4.78 is 0.631. The number of ketones is 1. The first kappa shape index (κ1) is 11.2. The molecule has 0 bridgehead atoms. The molecule has 0 unspecified atom stereocenters. The Kier molecular flexibility index (Phi) is 4.10. The van der Waals surface area contributed by atoms with Crippen LogP contribution < -0.4 is 5.32 Å². The lowest BCUT2D eigenvalue weighted by Crippen LogP contribution is -2.11. The highest BCUT2D eigenvalue weighted by atomic mass is 35.5. The maximum absolute atomic E-state index is 11.2. The third-order valence-corrected chi connectivity index (χ3v) is 2.69. The van der Waals surface area contributed by atoms with Crippen LogP contribution in [0.25, 0.3) is 0 Å². The lowest BCUT2D eigenvalue weighted by Gasteiger charge is -1.99. The minimum atomic E-state index is -0.154. The first-order chi connectivity index (χ1) is 6.58. The third kappa shape index (κ3) is 3.89. The summed E-state index contributed by atoms with van der Waals surface area (Å²) in [6, 6.07) is 3.45. The van der Waals surface area contributed by atoms with Gasteiger partial charge < -0.3 is 10.1 Å². The molecular weight excluding hydrogens is 222 g/mol. The van der Waals surface area contributed by atoms with Crippen LogP contribution in [0.5, 0.6) is 0 Å². The Morgan fingerprint density at radius 2 is 2.14 bits per heavy atom. The maximum atomic E-state index is 11.2. The van der Waals surface area contributed by atoms with E-state index in [1.54, 1.807) is 12.1 Å². The Balaban J connectivity index is 2.37. The van der Waals surface area contributed by atoms with E-state index in [0.717, 1.165) is 0 Å².